The van der Waals surface area contributed by atoms with Crippen LogP contribution in [0.4, 0.5) is 0 Å². The highest BCUT2D eigenvalue weighted by molar-refractivity contribution is 4.73. The fraction of sp³-hybridized carbons (Fsp3) is 1.00. The van der Waals surface area contributed by atoms with Crippen molar-refractivity contribution in [2.75, 3.05) is 0 Å². The van der Waals surface area contributed by atoms with E-state index in [-0.39, 0.29) is 12.2 Å². The van der Waals surface area contributed by atoms with Crippen LogP contribution in [-0.4, -0.2) is 33.1 Å². The number of hydrogen-bond acceptors (Lipinski definition) is 3. The Hall–Kier alpha value is -0.120. The van der Waals surface area contributed by atoms with E-state index in [1.54, 1.807) is 0 Å². The van der Waals surface area contributed by atoms with Crippen molar-refractivity contribution in [1.82, 2.24) is 0 Å². The van der Waals surface area contributed by atoms with Crippen molar-refractivity contribution in [3.8, 4) is 0 Å². The molecule has 0 amide bonds. The van der Waals surface area contributed by atoms with E-state index in [9.17, 15) is 10.2 Å². The summed E-state index contributed by atoms with van der Waals surface area (Å²) in [7, 11) is 0. The third-order valence-corrected chi connectivity index (χ3v) is 5.22. The second-order valence-electron chi connectivity index (χ2n) is 8.50. The molecular weight excluding hydrogens is 336 g/mol. The minimum atomic E-state index is -0.458. The van der Waals surface area contributed by atoms with Crippen LogP contribution in [0.15, 0.2) is 0 Å². The number of aliphatic hydroxyl groups is 3. The molecule has 0 aliphatic rings. The van der Waals surface area contributed by atoms with Crippen LogP contribution in [-0.2, 0) is 0 Å². The van der Waals surface area contributed by atoms with Crippen LogP contribution in [0, 0.1) is 5.92 Å². The predicted octanol–water partition coefficient (Wildman–Crippen LogP) is 6.87. The van der Waals surface area contributed by atoms with Crippen molar-refractivity contribution < 1.29 is 15.3 Å². The highest BCUT2D eigenvalue weighted by Crippen LogP contribution is 2.18. The SMILES string of the molecule is CCC(C)(O)C(C)C.CCCCC(O)CCCC.CCCCCCC(C)O. The minimum Gasteiger partial charge on any atom is -0.393 e. The molecule has 0 radical (unpaired) electrons. The van der Waals surface area contributed by atoms with E-state index >= 15 is 0 Å². The third-order valence-electron chi connectivity index (χ3n) is 5.22. The summed E-state index contributed by atoms with van der Waals surface area (Å²) in [6.07, 6.45) is 13.5. The average Bonchev–Trinajstić information content (AvgIpc) is 2.62. The molecule has 168 valence electrons. The standard InChI is InChI=1S/C9H20O.C8H18O.C7H16O/c1-3-5-7-9(10)8-6-4-2;1-3-4-5-6-7-8(2)9;1-5-7(4,8)6(2)3/h9-10H,3-8H2,1-2H3;8-9H,3-7H2,1-2H3;6,8H,5H2,1-4H3. The van der Waals surface area contributed by atoms with E-state index in [4.69, 9.17) is 5.11 Å². The fourth-order valence-corrected chi connectivity index (χ4v) is 2.30. The Balaban J connectivity index is -0.000000322. The van der Waals surface area contributed by atoms with Gasteiger partial charge >= 0.3 is 0 Å². The van der Waals surface area contributed by atoms with Crippen LogP contribution in [0.2, 0.25) is 0 Å². The molecule has 0 fully saturated rings. The Labute approximate surface area is 172 Å². The molecule has 0 aromatic carbocycles. The molecule has 3 N–H and O–H groups in total. The summed E-state index contributed by atoms with van der Waals surface area (Å²) in [5.74, 6) is 0.368. The Morgan fingerprint density at radius 3 is 1.37 bits per heavy atom. The topological polar surface area (TPSA) is 60.7 Å². The van der Waals surface area contributed by atoms with Gasteiger partial charge in [0.25, 0.3) is 0 Å². The molecule has 0 rings (SSSR count). The van der Waals surface area contributed by atoms with Crippen molar-refractivity contribution >= 4 is 0 Å². The average molecular weight is 391 g/mol. The molecule has 0 saturated heterocycles. The maximum Gasteiger partial charge on any atom is 0.0639 e. The predicted molar refractivity (Wildman–Crippen MR) is 121 cm³/mol. The van der Waals surface area contributed by atoms with E-state index in [1.807, 2.05) is 34.6 Å². The summed E-state index contributed by atoms with van der Waals surface area (Å²) < 4.78 is 0. The van der Waals surface area contributed by atoms with E-state index in [0.29, 0.717) is 5.92 Å². The van der Waals surface area contributed by atoms with Crippen molar-refractivity contribution in [3.05, 3.63) is 0 Å². The minimum absolute atomic E-state index is 0.0279. The lowest BCUT2D eigenvalue weighted by molar-refractivity contribution is 0.00997. The Bertz CT molecular complexity index is 254. The van der Waals surface area contributed by atoms with Gasteiger partial charge in [0.1, 0.15) is 0 Å². The first-order chi connectivity index (χ1) is 12.6. The van der Waals surface area contributed by atoms with Gasteiger partial charge in [0, 0.05) is 0 Å². The van der Waals surface area contributed by atoms with Gasteiger partial charge in [0.05, 0.1) is 17.8 Å². The fourth-order valence-electron chi connectivity index (χ4n) is 2.30. The van der Waals surface area contributed by atoms with Gasteiger partial charge in [-0.05, 0) is 45.4 Å². The number of unbranched alkanes of at least 4 members (excludes halogenated alkanes) is 5. The summed E-state index contributed by atoms with van der Waals surface area (Å²) >= 11 is 0. The van der Waals surface area contributed by atoms with Crippen LogP contribution in [0.3, 0.4) is 0 Å². The molecule has 0 aliphatic heterocycles. The van der Waals surface area contributed by atoms with Crippen LogP contribution in [0.25, 0.3) is 0 Å². The van der Waals surface area contributed by atoms with Gasteiger partial charge in [0.2, 0.25) is 0 Å². The first-order valence-corrected chi connectivity index (χ1v) is 11.7. The molecule has 0 aromatic rings. The van der Waals surface area contributed by atoms with Gasteiger partial charge in [-0.25, -0.2) is 0 Å². The lowest BCUT2D eigenvalue weighted by Crippen LogP contribution is -2.29. The van der Waals surface area contributed by atoms with E-state index in [2.05, 4.69) is 20.8 Å². The summed E-state index contributed by atoms with van der Waals surface area (Å²) in [4.78, 5) is 0. The summed E-state index contributed by atoms with van der Waals surface area (Å²) in [5.41, 5.74) is -0.458. The normalized spacial score (nSPS) is 14.1. The van der Waals surface area contributed by atoms with Gasteiger partial charge in [-0.3, -0.25) is 0 Å². The highest BCUT2D eigenvalue weighted by atomic mass is 16.3. The molecule has 0 bridgehead atoms. The smallest absolute Gasteiger partial charge is 0.0639 e. The summed E-state index contributed by atoms with van der Waals surface area (Å²) in [6, 6.07) is 0. The second-order valence-corrected chi connectivity index (χ2v) is 8.50. The Kier molecular flexibility index (Phi) is 25.9. The van der Waals surface area contributed by atoms with Gasteiger partial charge in [-0.15, -0.1) is 0 Å². The lowest BCUT2D eigenvalue weighted by atomic mass is 9.90. The lowest BCUT2D eigenvalue weighted by Gasteiger charge is -2.25. The quantitative estimate of drug-likeness (QED) is 0.301. The van der Waals surface area contributed by atoms with Crippen molar-refractivity contribution in [1.29, 1.82) is 0 Å². The van der Waals surface area contributed by atoms with Gasteiger partial charge < -0.3 is 15.3 Å². The first kappa shape index (κ1) is 31.6. The number of rotatable bonds is 13. The Morgan fingerprint density at radius 1 is 0.667 bits per heavy atom. The zero-order chi connectivity index (χ0) is 21.7. The van der Waals surface area contributed by atoms with Crippen molar-refractivity contribution in [3.63, 3.8) is 0 Å². The Morgan fingerprint density at radius 2 is 1.11 bits per heavy atom. The highest BCUT2D eigenvalue weighted by Gasteiger charge is 2.21. The van der Waals surface area contributed by atoms with Crippen LogP contribution >= 0.6 is 0 Å². The molecule has 0 aromatic heterocycles. The number of hydrogen-bond donors (Lipinski definition) is 3. The molecule has 3 heteroatoms. The molecular formula is C24H54O3. The monoisotopic (exact) mass is 390 g/mol. The largest absolute Gasteiger partial charge is 0.393 e. The second kappa shape index (κ2) is 22.2. The molecule has 0 aliphatic carbocycles. The van der Waals surface area contributed by atoms with E-state index < -0.39 is 5.60 Å². The van der Waals surface area contributed by atoms with Crippen molar-refractivity contribution in [2.45, 2.75) is 150 Å². The molecule has 0 saturated carbocycles. The summed E-state index contributed by atoms with van der Waals surface area (Å²) in [6.45, 7) is 16.3. The van der Waals surface area contributed by atoms with E-state index in [0.717, 1.165) is 25.7 Å². The van der Waals surface area contributed by atoms with Gasteiger partial charge in [-0.1, -0.05) is 92.9 Å². The molecule has 2 atom stereocenters. The van der Waals surface area contributed by atoms with E-state index in [1.165, 1.54) is 51.4 Å². The van der Waals surface area contributed by atoms with Crippen LogP contribution in [0.5, 0.6) is 0 Å². The molecule has 0 heterocycles. The maximum atomic E-state index is 9.40. The molecule has 3 nitrogen and oxygen atoms in total. The van der Waals surface area contributed by atoms with Crippen LogP contribution in [0.1, 0.15) is 132 Å². The number of aliphatic hydroxyl groups excluding tert-OH is 2. The summed E-state index contributed by atoms with van der Waals surface area (Å²) in [5, 5.41) is 27.6. The molecule has 0 spiro atoms. The maximum absolute atomic E-state index is 9.40. The first-order valence-electron chi connectivity index (χ1n) is 11.7. The van der Waals surface area contributed by atoms with Gasteiger partial charge in [0.15, 0.2) is 0 Å². The zero-order valence-corrected chi connectivity index (χ0v) is 20.1. The van der Waals surface area contributed by atoms with Gasteiger partial charge in [-0.2, -0.15) is 0 Å². The molecule has 27 heavy (non-hydrogen) atoms. The van der Waals surface area contributed by atoms with Crippen molar-refractivity contribution in [2.24, 2.45) is 5.92 Å². The molecule has 2 unspecified atom stereocenters. The van der Waals surface area contributed by atoms with Crippen LogP contribution < -0.4 is 0 Å². The third kappa shape index (κ3) is 28.2. The zero-order valence-electron chi connectivity index (χ0n) is 20.1.